The number of nitrogens with one attached hydrogen (secondary N) is 1. The molecule has 7 nitrogen and oxygen atoms in total. The van der Waals surface area contributed by atoms with Gasteiger partial charge >= 0.3 is 5.69 Å². The number of halogens is 2. The standard InChI is InChI=1S/C12H8Cl2N4O3/c1-6-2-4-15-10(13)8(6)17-12(19)7-3-5-16-11(14)9(7)18(20)21/h2-5H,1H3,(H,17,19). The van der Waals surface area contributed by atoms with Crippen molar-refractivity contribution < 1.29 is 9.72 Å². The minimum absolute atomic E-state index is 0.0890. The van der Waals surface area contributed by atoms with E-state index in [0.717, 1.165) is 0 Å². The lowest BCUT2D eigenvalue weighted by Gasteiger charge is -2.09. The topological polar surface area (TPSA) is 98.0 Å². The lowest BCUT2D eigenvalue weighted by atomic mass is 10.2. The zero-order valence-corrected chi connectivity index (χ0v) is 12.1. The molecule has 0 saturated heterocycles. The average Bonchev–Trinajstić information content (AvgIpc) is 2.42. The lowest BCUT2D eigenvalue weighted by Crippen LogP contribution is -2.15. The number of carbonyl (C=O) groups is 1. The molecule has 0 aliphatic heterocycles. The summed E-state index contributed by atoms with van der Waals surface area (Å²) in [7, 11) is 0. The van der Waals surface area contributed by atoms with E-state index in [1.54, 1.807) is 13.0 Å². The molecule has 0 fully saturated rings. The van der Waals surface area contributed by atoms with E-state index in [1.165, 1.54) is 18.5 Å². The maximum atomic E-state index is 12.2. The van der Waals surface area contributed by atoms with Gasteiger partial charge in [-0.25, -0.2) is 9.97 Å². The molecule has 1 N–H and O–H groups in total. The van der Waals surface area contributed by atoms with Gasteiger partial charge in [0.2, 0.25) is 5.15 Å². The Bertz CT molecular complexity index is 716. The van der Waals surface area contributed by atoms with Crippen molar-refractivity contribution in [1.82, 2.24) is 9.97 Å². The molecule has 1 amide bonds. The number of amides is 1. The Hall–Kier alpha value is -2.25. The second-order valence-electron chi connectivity index (χ2n) is 4.00. The first-order valence-electron chi connectivity index (χ1n) is 5.63. The Morgan fingerprint density at radius 3 is 2.48 bits per heavy atom. The van der Waals surface area contributed by atoms with Gasteiger partial charge in [-0.3, -0.25) is 14.9 Å². The summed E-state index contributed by atoms with van der Waals surface area (Å²) in [5.41, 5.74) is 0.186. The largest absolute Gasteiger partial charge is 0.319 e. The van der Waals surface area contributed by atoms with E-state index in [-0.39, 0.29) is 21.6 Å². The molecule has 0 radical (unpaired) electrons. The summed E-state index contributed by atoms with van der Waals surface area (Å²) in [6.07, 6.45) is 2.70. The van der Waals surface area contributed by atoms with Crippen LogP contribution in [0.15, 0.2) is 24.5 Å². The molecule has 0 aliphatic rings. The molecule has 0 atom stereocenters. The summed E-state index contributed by atoms with van der Waals surface area (Å²) in [5.74, 6) is -0.719. The van der Waals surface area contributed by atoms with Crippen LogP contribution in [0.4, 0.5) is 11.4 Å². The molecule has 0 aliphatic carbocycles. The number of pyridine rings is 2. The molecule has 0 aromatic carbocycles. The smallest absolute Gasteiger partial charge is 0.319 e. The summed E-state index contributed by atoms with van der Waals surface area (Å²) in [6, 6.07) is 2.86. The maximum absolute atomic E-state index is 12.2. The molecule has 2 aromatic heterocycles. The van der Waals surface area contributed by atoms with Crippen LogP contribution < -0.4 is 5.32 Å². The Kier molecular flexibility index (Phi) is 4.35. The fraction of sp³-hybridized carbons (Fsp3) is 0.0833. The minimum atomic E-state index is -0.762. The third-order valence-corrected chi connectivity index (χ3v) is 3.22. The van der Waals surface area contributed by atoms with Crippen LogP contribution in [0.5, 0.6) is 0 Å². The van der Waals surface area contributed by atoms with E-state index >= 15 is 0 Å². The van der Waals surface area contributed by atoms with E-state index in [1.807, 2.05) is 0 Å². The molecule has 2 rings (SSSR count). The molecule has 2 heterocycles. The van der Waals surface area contributed by atoms with Crippen molar-refractivity contribution in [3.05, 3.63) is 56.1 Å². The van der Waals surface area contributed by atoms with Crippen LogP contribution in [0, 0.1) is 17.0 Å². The zero-order valence-electron chi connectivity index (χ0n) is 10.6. The minimum Gasteiger partial charge on any atom is -0.319 e. The Balaban J connectivity index is 2.43. The van der Waals surface area contributed by atoms with E-state index in [2.05, 4.69) is 15.3 Å². The quantitative estimate of drug-likeness (QED) is 0.530. The van der Waals surface area contributed by atoms with E-state index < -0.39 is 16.5 Å². The fourth-order valence-electron chi connectivity index (χ4n) is 1.64. The number of hydrogen-bond acceptors (Lipinski definition) is 5. The second kappa shape index (κ2) is 6.02. The highest BCUT2D eigenvalue weighted by Gasteiger charge is 2.25. The maximum Gasteiger partial charge on any atom is 0.319 e. The van der Waals surface area contributed by atoms with Gasteiger partial charge in [-0.15, -0.1) is 0 Å². The summed E-state index contributed by atoms with van der Waals surface area (Å²) in [5, 5.41) is 13.2. The SMILES string of the molecule is Cc1ccnc(Cl)c1NC(=O)c1ccnc(Cl)c1[N+](=O)[O-]. The van der Waals surface area contributed by atoms with Gasteiger partial charge in [0.15, 0.2) is 5.15 Å². The van der Waals surface area contributed by atoms with Crippen LogP contribution >= 0.6 is 23.2 Å². The van der Waals surface area contributed by atoms with Gasteiger partial charge in [0.25, 0.3) is 5.91 Å². The van der Waals surface area contributed by atoms with Gasteiger partial charge in [-0.05, 0) is 24.6 Å². The highest BCUT2D eigenvalue weighted by Crippen LogP contribution is 2.28. The summed E-state index contributed by atoms with van der Waals surface area (Å²) >= 11 is 11.6. The molecule has 0 saturated carbocycles. The predicted molar refractivity (Wildman–Crippen MR) is 77.8 cm³/mol. The first-order valence-corrected chi connectivity index (χ1v) is 6.38. The predicted octanol–water partition coefficient (Wildman–Crippen LogP) is 3.25. The third kappa shape index (κ3) is 3.09. The number of nitro groups is 1. The van der Waals surface area contributed by atoms with Crippen LogP contribution in [0.1, 0.15) is 15.9 Å². The van der Waals surface area contributed by atoms with Gasteiger partial charge in [0, 0.05) is 12.4 Å². The molecule has 2 aromatic rings. The van der Waals surface area contributed by atoms with Crippen LogP contribution in [0.2, 0.25) is 10.3 Å². The molecule has 0 bridgehead atoms. The molecule has 108 valence electrons. The Labute approximate surface area is 129 Å². The van der Waals surface area contributed by atoms with E-state index in [4.69, 9.17) is 23.2 Å². The van der Waals surface area contributed by atoms with Crippen molar-refractivity contribution in [3.8, 4) is 0 Å². The van der Waals surface area contributed by atoms with Gasteiger partial charge in [0.05, 0.1) is 10.6 Å². The molecular weight excluding hydrogens is 319 g/mol. The van der Waals surface area contributed by atoms with E-state index in [0.29, 0.717) is 5.56 Å². The van der Waals surface area contributed by atoms with Crippen molar-refractivity contribution in [2.75, 3.05) is 5.32 Å². The fourth-order valence-corrected chi connectivity index (χ4v) is 2.12. The highest BCUT2D eigenvalue weighted by molar-refractivity contribution is 6.33. The van der Waals surface area contributed by atoms with Crippen LogP contribution in [0.3, 0.4) is 0 Å². The monoisotopic (exact) mass is 326 g/mol. The number of aryl methyl sites for hydroxylation is 1. The third-order valence-electron chi connectivity index (χ3n) is 2.66. The molecule has 9 heteroatoms. The highest BCUT2D eigenvalue weighted by atomic mass is 35.5. The summed E-state index contributed by atoms with van der Waals surface area (Å²) in [6.45, 7) is 1.72. The number of aromatic nitrogens is 2. The number of carbonyl (C=O) groups excluding carboxylic acids is 1. The summed E-state index contributed by atoms with van der Waals surface area (Å²) < 4.78 is 0. The first-order chi connectivity index (χ1) is 9.91. The molecule has 0 spiro atoms. The number of nitrogens with zero attached hydrogens (tertiary/aromatic N) is 3. The lowest BCUT2D eigenvalue weighted by molar-refractivity contribution is -0.385. The molecule has 0 unspecified atom stereocenters. The van der Waals surface area contributed by atoms with Crippen molar-refractivity contribution in [1.29, 1.82) is 0 Å². The van der Waals surface area contributed by atoms with Crippen LogP contribution in [-0.4, -0.2) is 20.8 Å². The van der Waals surface area contributed by atoms with E-state index in [9.17, 15) is 14.9 Å². The normalized spacial score (nSPS) is 10.2. The molecular formula is C12H8Cl2N4O3. The van der Waals surface area contributed by atoms with Crippen molar-refractivity contribution >= 4 is 40.5 Å². The summed E-state index contributed by atoms with van der Waals surface area (Å²) in [4.78, 5) is 29.9. The number of anilines is 1. The second-order valence-corrected chi connectivity index (χ2v) is 4.72. The molecule has 21 heavy (non-hydrogen) atoms. The average molecular weight is 327 g/mol. The first kappa shape index (κ1) is 15.1. The van der Waals surface area contributed by atoms with Crippen molar-refractivity contribution in [2.24, 2.45) is 0 Å². The number of hydrogen-bond donors (Lipinski definition) is 1. The number of rotatable bonds is 3. The van der Waals surface area contributed by atoms with Crippen molar-refractivity contribution in [2.45, 2.75) is 6.92 Å². The van der Waals surface area contributed by atoms with Gasteiger partial charge < -0.3 is 5.32 Å². The van der Waals surface area contributed by atoms with Gasteiger partial charge in [0.1, 0.15) is 5.56 Å². The van der Waals surface area contributed by atoms with Gasteiger partial charge in [-0.2, -0.15) is 0 Å². The Morgan fingerprint density at radius 2 is 1.86 bits per heavy atom. The van der Waals surface area contributed by atoms with Crippen molar-refractivity contribution in [3.63, 3.8) is 0 Å². The van der Waals surface area contributed by atoms with Crippen LogP contribution in [0.25, 0.3) is 0 Å². The Morgan fingerprint density at radius 1 is 1.24 bits per heavy atom. The van der Waals surface area contributed by atoms with Crippen LogP contribution in [-0.2, 0) is 0 Å². The zero-order chi connectivity index (χ0) is 15.6. The van der Waals surface area contributed by atoms with Gasteiger partial charge in [-0.1, -0.05) is 23.2 Å².